The largest absolute Gasteiger partial charge is 0.478 e. The number of anilines is 2. The number of fused-ring (bicyclic) bond motifs is 3. The van der Waals surface area contributed by atoms with Crippen molar-refractivity contribution in [1.29, 1.82) is 0 Å². The Morgan fingerprint density at radius 1 is 1.20 bits per heavy atom. The molecule has 3 heterocycles. The maximum atomic E-state index is 11.2. The third kappa shape index (κ3) is 3.04. The fourth-order valence-electron chi connectivity index (χ4n) is 4.10. The maximum Gasteiger partial charge on any atom is 0.339 e. The van der Waals surface area contributed by atoms with Gasteiger partial charge in [-0.05, 0) is 42.3 Å². The minimum Gasteiger partial charge on any atom is -0.478 e. The standard InChI is InChI=1S/C23H21N5O2/c1-13-18(22(29)30)11-25-23(26-13)28-8-7-21-19(12-28)17-10-15(5-6-20(17)27-21)14-3-2-4-16(24)9-14/h2-6,9-11,27H,7-8,12,24H2,1H3,(H,29,30). The van der Waals surface area contributed by atoms with Crippen LogP contribution in [0.1, 0.15) is 27.3 Å². The van der Waals surface area contributed by atoms with Gasteiger partial charge in [0.1, 0.15) is 0 Å². The minimum absolute atomic E-state index is 0.135. The molecule has 7 nitrogen and oxygen atoms in total. The SMILES string of the molecule is Cc1nc(N2CCc3[nH]c4ccc(-c5cccc(N)c5)cc4c3C2)ncc1C(=O)O. The number of aromatic carboxylic acids is 1. The lowest BCUT2D eigenvalue weighted by molar-refractivity contribution is 0.0695. The number of carboxylic acid groups (broad SMARTS) is 1. The van der Waals surface area contributed by atoms with E-state index in [-0.39, 0.29) is 5.56 Å². The first-order valence-electron chi connectivity index (χ1n) is 9.81. The summed E-state index contributed by atoms with van der Waals surface area (Å²) in [5.74, 6) is -0.449. The Balaban J connectivity index is 1.52. The highest BCUT2D eigenvalue weighted by atomic mass is 16.4. The van der Waals surface area contributed by atoms with Crippen LogP contribution < -0.4 is 10.6 Å². The molecule has 0 saturated carbocycles. The van der Waals surface area contributed by atoms with Crippen molar-refractivity contribution in [2.45, 2.75) is 19.9 Å². The Morgan fingerprint density at radius 3 is 2.80 bits per heavy atom. The summed E-state index contributed by atoms with van der Waals surface area (Å²) in [4.78, 5) is 25.6. The number of aromatic nitrogens is 3. The molecule has 4 N–H and O–H groups in total. The van der Waals surface area contributed by atoms with Gasteiger partial charge >= 0.3 is 5.97 Å². The molecule has 2 aromatic heterocycles. The van der Waals surface area contributed by atoms with E-state index in [1.165, 1.54) is 22.8 Å². The molecule has 4 aromatic rings. The summed E-state index contributed by atoms with van der Waals surface area (Å²) in [6, 6.07) is 14.3. The number of carbonyl (C=O) groups is 1. The number of nitrogens with zero attached hydrogens (tertiary/aromatic N) is 3. The fourth-order valence-corrected chi connectivity index (χ4v) is 4.10. The van der Waals surface area contributed by atoms with Crippen LogP contribution in [0.3, 0.4) is 0 Å². The monoisotopic (exact) mass is 399 g/mol. The number of carboxylic acids is 1. The van der Waals surface area contributed by atoms with Gasteiger partial charge in [0.05, 0.1) is 11.3 Å². The second-order valence-electron chi connectivity index (χ2n) is 7.61. The van der Waals surface area contributed by atoms with Gasteiger partial charge in [-0.1, -0.05) is 18.2 Å². The van der Waals surface area contributed by atoms with E-state index in [2.05, 4.69) is 44.1 Å². The molecule has 0 bridgehead atoms. The number of hydrogen-bond donors (Lipinski definition) is 3. The molecule has 1 aliphatic heterocycles. The number of nitrogens with one attached hydrogen (secondary N) is 1. The molecule has 0 aliphatic carbocycles. The summed E-state index contributed by atoms with van der Waals surface area (Å²) in [5, 5.41) is 10.4. The van der Waals surface area contributed by atoms with Crippen molar-refractivity contribution in [1.82, 2.24) is 15.0 Å². The Hall–Kier alpha value is -3.87. The lowest BCUT2D eigenvalue weighted by Crippen LogP contribution is -2.31. The molecular weight excluding hydrogens is 378 g/mol. The summed E-state index contributed by atoms with van der Waals surface area (Å²) in [6.07, 6.45) is 2.24. The summed E-state index contributed by atoms with van der Waals surface area (Å²) in [7, 11) is 0. The molecule has 1 aliphatic rings. The van der Waals surface area contributed by atoms with Crippen LogP contribution in [0, 0.1) is 6.92 Å². The number of benzene rings is 2. The van der Waals surface area contributed by atoms with Gasteiger partial charge in [0.15, 0.2) is 0 Å². The predicted octanol–water partition coefficient (Wildman–Crippen LogP) is 3.78. The van der Waals surface area contributed by atoms with Crippen molar-refractivity contribution in [3.05, 3.63) is 71.2 Å². The number of aromatic amines is 1. The lowest BCUT2D eigenvalue weighted by Gasteiger charge is -2.27. The highest BCUT2D eigenvalue weighted by Gasteiger charge is 2.23. The second kappa shape index (κ2) is 6.88. The molecule has 0 spiro atoms. The van der Waals surface area contributed by atoms with Gasteiger partial charge in [0.25, 0.3) is 0 Å². The van der Waals surface area contributed by atoms with E-state index < -0.39 is 5.97 Å². The zero-order valence-electron chi connectivity index (χ0n) is 16.5. The molecule has 5 rings (SSSR count). The van der Waals surface area contributed by atoms with E-state index >= 15 is 0 Å². The third-order valence-electron chi connectivity index (χ3n) is 5.68. The topological polar surface area (TPSA) is 108 Å². The van der Waals surface area contributed by atoms with E-state index in [1.807, 2.05) is 18.2 Å². The molecule has 0 atom stereocenters. The Labute approximate surface area is 173 Å². The normalized spacial score (nSPS) is 13.4. The minimum atomic E-state index is -1.01. The van der Waals surface area contributed by atoms with E-state index in [0.717, 1.165) is 35.3 Å². The highest BCUT2D eigenvalue weighted by Crippen LogP contribution is 2.33. The molecule has 0 radical (unpaired) electrons. The van der Waals surface area contributed by atoms with Crippen LogP contribution in [-0.2, 0) is 13.0 Å². The quantitative estimate of drug-likeness (QED) is 0.453. The van der Waals surface area contributed by atoms with Crippen LogP contribution in [0.4, 0.5) is 11.6 Å². The van der Waals surface area contributed by atoms with Gasteiger partial charge in [-0.3, -0.25) is 0 Å². The number of nitrogen functional groups attached to an aromatic ring is 1. The summed E-state index contributed by atoms with van der Waals surface area (Å²) < 4.78 is 0. The van der Waals surface area contributed by atoms with Crippen molar-refractivity contribution >= 4 is 28.5 Å². The van der Waals surface area contributed by atoms with Gasteiger partial charge < -0.3 is 20.7 Å². The van der Waals surface area contributed by atoms with E-state index in [4.69, 9.17) is 5.73 Å². The van der Waals surface area contributed by atoms with E-state index in [1.54, 1.807) is 6.92 Å². The highest BCUT2D eigenvalue weighted by molar-refractivity contribution is 5.90. The predicted molar refractivity (Wildman–Crippen MR) is 117 cm³/mol. The summed E-state index contributed by atoms with van der Waals surface area (Å²) in [5.41, 5.74) is 13.1. The number of H-pyrrole nitrogens is 1. The molecule has 30 heavy (non-hydrogen) atoms. The maximum absolute atomic E-state index is 11.2. The zero-order chi connectivity index (χ0) is 20.8. The van der Waals surface area contributed by atoms with Gasteiger partial charge in [0.2, 0.25) is 5.95 Å². The summed E-state index contributed by atoms with van der Waals surface area (Å²) >= 11 is 0. The van der Waals surface area contributed by atoms with Crippen molar-refractivity contribution < 1.29 is 9.90 Å². The number of rotatable bonds is 3. The first kappa shape index (κ1) is 18.2. The van der Waals surface area contributed by atoms with Gasteiger partial charge in [0, 0.05) is 53.6 Å². The van der Waals surface area contributed by atoms with E-state index in [0.29, 0.717) is 18.2 Å². The Bertz CT molecular complexity index is 1290. The number of aryl methyl sites for hydroxylation is 1. The molecule has 7 heteroatoms. The van der Waals surface area contributed by atoms with Crippen LogP contribution in [-0.4, -0.2) is 32.6 Å². The summed E-state index contributed by atoms with van der Waals surface area (Å²) in [6.45, 7) is 3.14. The molecule has 0 amide bonds. The molecular formula is C23H21N5O2. The van der Waals surface area contributed by atoms with Crippen LogP contribution in [0.5, 0.6) is 0 Å². The average molecular weight is 399 g/mol. The lowest BCUT2D eigenvalue weighted by atomic mass is 10.00. The molecule has 150 valence electrons. The van der Waals surface area contributed by atoms with Crippen molar-refractivity contribution in [3.63, 3.8) is 0 Å². The molecule has 0 fully saturated rings. The molecule has 0 unspecified atom stereocenters. The van der Waals surface area contributed by atoms with Gasteiger partial charge in [-0.15, -0.1) is 0 Å². The van der Waals surface area contributed by atoms with E-state index in [9.17, 15) is 9.90 Å². The Morgan fingerprint density at radius 2 is 2.03 bits per heavy atom. The smallest absolute Gasteiger partial charge is 0.339 e. The van der Waals surface area contributed by atoms with Crippen LogP contribution >= 0.6 is 0 Å². The fraction of sp³-hybridized carbons (Fsp3) is 0.174. The zero-order valence-corrected chi connectivity index (χ0v) is 16.5. The van der Waals surface area contributed by atoms with Crippen molar-refractivity contribution in [2.75, 3.05) is 17.2 Å². The van der Waals surface area contributed by atoms with Gasteiger partial charge in [-0.25, -0.2) is 14.8 Å². The number of nitrogens with two attached hydrogens (primary N) is 1. The second-order valence-corrected chi connectivity index (χ2v) is 7.61. The average Bonchev–Trinajstić information content (AvgIpc) is 3.10. The first-order chi connectivity index (χ1) is 14.5. The van der Waals surface area contributed by atoms with Crippen molar-refractivity contribution in [3.8, 4) is 11.1 Å². The van der Waals surface area contributed by atoms with Crippen LogP contribution in [0.15, 0.2) is 48.7 Å². The molecule has 0 saturated heterocycles. The van der Waals surface area contributed by atoms with Gasteiger partial charge in [-0.2, -0.15) is 0 Å². The van der Waals surface area contributed by atoms with Crippen LogP contribution in [0.2, 0.25) is 0 Å². The first-order valence-corrected chi connectivity index (χ1v) is 9.81. The van der Waals surface area contributed by atoms with Crippen molar-refractivity contribution in [2.24, 2.45) is 0 Å². The Kier molecular flexibility index (Phi) is 4.17. The molecule has 2 aromatic carbocycles. The third-order valence-corrected chi connectivity index (χ3v) is 5.68. The van der Waals surface area contributed by atoms with Crippen LogP contribution in [0.25, 0.3) is 22.0 Å². The number of hydrogen-bond acceptors (Lipinski definition) is 5.